The second-order valence-electron chi connectivity index (χ2n) is 9.08. The number of anilines is 2. The van der Waals surface area contributed by atoms with Gasteiger partial charge >= 0.3 is 0 Å². The van der Waals surface area contributed by atoms with Gasteiger partial charge in [-0.2, -0.15) is 0 Å². The molecule has 9 heteroatoms. The van der Waals surface area contributed by atoms with Gasteiger partial charge in [0.05, 0.1) is 10.3 Å². The maximum Gasteiger partial charge on any atom is 0.272 e. The van der Waals surface area contributed by atoms with Gasteiger partial charge in [0.2, 0.25) is 5.91 Å². The Morgan fingerprint density at radius 2 is 1.68 bits per heavy atom. The zero-order valence-corrected chi connectivity index (χ0v) is 24.1. The Kier molecular flexibility index (Phi) is 10.3. The number of amides is 3. The van der Waals surface area contributed by atoms with Crippen LogP contribution in [0.2, 0.25) is 5.02 Å². The van der Waals surface area contributed by atoms with Crippen LogP contribution in [0.15, 0.2) is 108 Å². The molecule has 3 amide bonds. The standard InChI is InChI=1S/C32H29ClN4O3S/c1-3-28(32(40)37-29-17-16-24(33)20-34-29)41-26-15-9-14-25(19-26)35-31(39)27(18-23-13-8-7-10-21(23)2)36-30(38)22-11-5-4-6-12-22/h4-20,28H,3H2,1-2H3,(H,35,39)(H,36,38)(H,34,37,40)/b27-18-. The van der Waals surface area contributed by atoms with E-state index in [1.807, 2.05) is 50.2 Å². The van der Waals surface area contributed by atoms with Crippen LogP contribution >= 0.6 is 23.4 Å². The fraction of sp³-hybridized carbons (Fsp3) is 0.125. The molecule has 0 spiro atoms. The van der Waals surface area contributed by atoms with E-state index < -0.39 is 11.8 Å². The van der Waals surface area contributed by atoms with Crippen molar-refractivity contribution in [3.05, 3.63) is 125 Å². The quantitative estimate of drug-likeness (QED) is 0.138. The second kappa shape index (κ2) is 14.3. The molecule has 0 radical (unpaired) electrons. The van der Waals surface area contributed by atoms with E-state index in [-0.39, 0.29) is 16.9 Å². The van der Waals surface area contributed by atoms with Crippen molar-refractivity contribution in [2.45, 2.75) is 30.4 Å². The van der Waals surface area contributed by atoms with Gasteiger partial charge in [0.15, 0.2) is 0 Å². The zero-order valence-electron chi connectivity index (χ0n) is 22.6. The Balaban J connectivity index is 1.50. The van der Waals surface area contributed by atoms with Crippen LogP contribution in [0.4, 0.5) is 11.5 Å². The number of aromatic nitrogens is 1. The summed E-state index contributed by atoms with van der Waals surface area (Å²) in [5.74, 6) is -0.631. The maximum absolute atomic E-state index is 13.4. The summed E-state index contributed by atoms with van der Waals surface area (Å²) in [6.45, 7) is 3.86. The van der Waals surface area contributed by atoms with Gasteiger partial charge in [0, 0.05) is 22.3 Å². The molecule has 4 rings (SSSR count). The highest BCUT2D eigenvalue weighted by atomic mass is 35.5. The van der Waals surface area contributed by atoms with Crippen molar-refractivity contribution in [2.24, 2.45) is 0 Å². The third kappa shape index (κ3) is 8.54. The first kappa shape index (κ1) is 29.6. The largest absolute Gasteiger partial charge is 0.321 e. The number of benzene rings is 3. The van der Waals surface area contributed by atoms with E-state index in [0.29, 0.717) is 28.5 Å². The predicted octanol–water partition coefficient (Wildman–Crippen LogP) is 6.96. The highest BCUT2D eigenvalue weighted by Gasteiger charge is 2.20. The molecule has 4 aromatic rings. The lowest BCUT2D eigenvalue weighted by Gasteiger charge is -2.16. The molecule has 0 aliphatic rings. The summed E-state index contributed by atoms with van der Waals surface area (Å²) in [6.07, 6.45) is 3.71. The lowest BCUT2D eigenvalue weighted by atomic mass is 10.1. The van der Waals surface area contributed by atoms with Crippen molar-refractivity contribution < 1.29 is 14.4 Å². The van der Waals surface area contributed by atoms with E-state index in [4.69, 9.17) is 11.6 Å². The molecule has 1 unspecified atom stereocenters. The van der Waals surface area contributed by atoms with Crippen LogP contribution in [-0.4, -0.2) is 28.0 Å². The summed E-state index contributed by atoms with van der Waals surface area (Å²) < 4.78 is 0. The average molecular weight is 585 g/mol. The van der Waals surface area contributed by atoms with Crippen molar-refractivity contribution in [3.63, 3.8) is 0 Å². The van der Waals surface area contributed by atoms with Gasteiger partial charge in [-0.25, -0.2) is 4.98 Å². The lowest BCUT2D eigenvalue weighted by molar-refractivity contribution is -0.116. The first-order valence-electron chi connectivity index (χ1n) is 13.0. The molecule has 0 bridgehead atoms. The Morgan fingerprint density at radius 3 is 2.39 bits per heavy atom. The van der Waals surface area contributed by atoms with Crippen LogP contribution in [0.1, 0.15) is 34.8 Å². The summed E-state index contributed by atoms with van der Waals surface area (Å²) in [7, 11) is 0. The monoisotopic (exact) mass is 584 g/mol. The van der Waals surface area contributed by atoms with Crippen LogP contribution in [-0.2, 0) is 9.59 Å². The highest BCUT2D eigenvalue weighted by molar-refractivity contribution is 8.00. The molecular formula is C32H29ClN4O3S. The van der Waals surface area contributed by atoms with Gasteiger partial charge in [0.1, 0.15) is 11.5 Å². The number of nitrogens with zero attached hydrogens (tertiary/aromatic N) is 1. The van der Waals surface area contributed by atoms with Gasteiger partial charge in [-0.1, -0.05) is 67.1 Å². The molecule has 3 aromatic carbocycles. The number of pyridine rings is 1. The molecule has 0 aliphatic carbocycles. The number of hydrogen-bond acceptors (Lipinski definition) is 5. The average Bonchev–Trinajstić information content (AvgIpc) is 2.98. The second-order valence-corrected chi connectivity index (χ2v) is 10.8. The Hall–Kier alpha value is -4.40. The number of carbonyl (C=O) groups excluding carboxylic acids is 3. The molecule has 0 saturated carbocycles. The number of halogens is 1. The minimum absolute atomic E-state index is 0.104. The van der Waals surface area contributed by atoms with E-state index in [2.05, 4.69) is 20.9 Å². The van der Waals surface area contributed by atoms with E-state index in [1.165, 1.54) is 18.0 Å². The highest BCUT2D eigenvalue weighted by Crippen LogP contribution is 2.29. The van der Waals surface area contributed by atoms with E-state index >= 15 is 0 Å². The normalized spacial score (nSPS) is 11.8. The number of hydrogen-bond donors (Lipinski definition) is 3. The summed E-state index contributed by atoms with van der Waals surface area (Å²) in [6, 6.07) is 26.8. The smallest absolute Gasteiger partial charge is 0.272 e. The molecule has 1 atom stereocenters. The van der Waals surface area contributed by atoms with E-state index in [1.54, 1.807) is 60.7 Å². The Morgan fingerprint density at radius 1 is 0.927 bits per heavy atom. The van der Waals surface area contributed by atoms with Crippen molar-refractivity contribution in [2.75, 3.05) is 10.6 Å². The Bertz CT molecular complexity index is 1560. The van der Waals surface area contributed by atoms with Crippen molar-refractivity contribution in [3.8, 4) is 0 Å². The Labute approximate surface area is 248 Å². The van der Waals surface area contributed by atoms with Crippen molar-refractivity contribution in [1.82, 2.24) is 10.3 Å². The van der Waals surface area contributed by atoms with Crippen LogP contribution in [0, 0.1) is 6.92 Å². The molecule has 1 heterocycles. The predicted molar refractivity (Wildman–Crippen MR) is 166 cm³/mol. The number of carbonyl (C=O) groups is 3. The number of thioether (sulfide) groups is 1. The van der Waals surface area contributed by atoms with Gasteiger partial charge < -0.3 is 16.0 Å². The van der Waals surface area contributed by atoms with Gasteiger partial charge in [0.25, 0.3) is 11.8 Å². The number of nitrogens with one attached hydrogen (secondary N) is 3. The molecule has 0 saturated heterocycles. The first-order chi connectivity index (χ1) is 19.8. The molecular weight excluding hydrogens is 556 g/mol. The van der Waals surface area contributed by atoms with Crippen LogP contribution in [0.5, 0.6) is 0 Å². The van der Waals surface area contributed by atoms with Gasteiger partial charge in [-0.15, -0.1) is 11.8 Å². The molecule has 0 fully saturated rings. The molecule has 1 aromatic heterocycles. The molecule has 208 valence electrons. The van der Waals surface area contributed by atoms with Crippen LogP contribution in [0.25, 0.3) is 6.08 Å². The first-order valence-corrected chi connectivity index (χ1v) is 14.2. The third-order valence-electron chi connectivity index (χ3n) is 6.03. The summed E-state index contributed by atoms with van der Waals surface area (Å²) in [5, 5.41) is 8.56. The summed E-state index contributed by atoms with van der Waals surface area (Å²) in [5.41, 5.74) is 2.84. The van der Waals surface area contributed by atoms with Crippen molar-refractivity contribution >= 4 is 58.7 Å². The lowest BCUT2D eigenvalue weighted by Crippen LogP contribution is -2.30. The number of aryl methyl sites for hydroxylation is 1. The zero-order chi connectivity index (χ0) is 29.2. The molecule has 0 aliphatic heterocycles. The minimum atomic E-state index is -0.474. The topological polar surface area (TPSA) is 100 Å². The fourth-order valence-corrected chi connectivity index (χ4v) is 4.96. The van der Waals surface area contributed by atoms with Crippen LogP contribution < -0.4 is 16.0 Å². The fourth-order valence-electron chi connectivity index (χ4n) is 3.84. The summed E-state index contributed by atoms with van der Waals surface area (Å²) >= 11 is 7.26. The summed E-state index contributed by atoms with van der Waals surface area (Å²) in [4.78, 5) is 44.2. The number of rotatable bonds is 10. The van der Waals surface area contributed by atoms with Gasteiger partial charge in [-0.05, 0) is 73.0 Å². The molecule has 41 heavy (non-hydrogen) atoms. The maximum atomic E-state index is 13.4. The van der Waals surface area contributed by atoms with Gasteiger partial charge in [-0.3, -0.25) is 14.4 Å². The van der Waals surface area contributed by atoms with E-state index in [0.717, 1.165) is 16.0 Å². The van der Waals surface area contributed by atoms with Crippen LogP contribution in [0.3, 0.4) is 0 Å². The third-order valence-corrected chi connectivity index (χ3v) is 7.61. The minimum Gasteiger partial charge on any atom is -0.321 e. The van der Waals surface area contributed by atoms with E-state index in [9.17, 15) is 14.4 Å². The SMILES string of the molecule is CCC(Sc1cccc(NC(=O)/C(=C/c2ccccc2C)NC(=O)c2ccccc2)c1)C(=O)Nc1ccc(Cl)cn1. The molecule has 3 N–H and O–H groups in total. The molecule has 7 nitrogen and oxygen atoms in total. The van der Waals surface area contributed by atoms with Crippen molar-refractivity contribution in [1.29, 1.82) is 0 Å².